The molecule has 0 unspecified atom stereocenters. The molecule has 1 amide bonds. The van der Waals surface area contributed by atoms with Gasteiger partial charge in [0.05, 0.1) is 12.1 Å². The van der Waals surface area contributed by atoms with Gasteiger partial charge in [0.15, 0.2) is 0 Å². The van der Waals surface area contributed by atoms with E-state index in [1.807, 2.05) is 66.7 Å². The van der Waals surface area contributed by atoms with E-state index in [1.54, 1.807) is 4.68 Å². The number of carbonyl (C=O) groups excluding carboxylic acids is 1. The molecule has 0 aliphatic carbocycles. The average molecular weight is 355 g/mol. The van der Waals surface area contributed by atoms with Gasteiger partial charge < -0.3 is 5.32 Å². The number of rotatable bonds is 5. The Hall–Kier alpha value is -3.80. The third-order valence-corrected chi connectivity index (χ3v) is 4.19. The zero-order valence-electron chi connectivity index (χ0n) is 14.5. The second-order valence-electron chi connectivity index (χ2n) is 6.09. The number of hydrogen-bond acceptors (Lipinski definition) is 4. The zero-order chi connectivity index (χ0) is 18.5. The Morgan fingerprint density at radius 3 is 2.22 bits per heavy atom. The van der Waals surface area contributed by atoms with Crippen molar-refractivity contribution in [2.24, 2.45) is 0 Å². The van der Waals surface area contributed by atoms with Crippen molar-refractivity contribution in [3.63, 3.8) is 0 Å². The molecule has 132 valence electrons. The van der Waals surface area contributed by atoms with Crippen LogP contribution in [0.5, 0.6) is 0 Å². The second-order valence-corrected chi connectivity index (χ2v) is 6.09. The Balaban J connectivity index is 1.38. The van der Waals surface area contributed by atoms with Gasteiger partial charge in [0.2, 0.25) is 5.91 Å². The van der Waals surface area contributed by atoms with Crippen molar-refractivity contribution in [3.05, 3.63) is 90.8 Å². The molecule has 0 fully saturated rings. The molecule has 1 aromatic heterocycles. The smallest absolute Gasteiger partial charge is 0.228 e. The van der Waals surface area contributed by atoms with Crippen LogP contribution in [-0.4, -0.2) is 26.1 Å². The molecule has 0 saturated heterocycles. The number of aromatic nitrogens is 4. The molecule has 0 aliphatic rings. The molecule has 4 aromatic rings. The molecule has 27 heavy (non-hydrogen) atoms. The molecule has 0 spiro atoms. The molecule has 1 heterocycles. The van der Waals surface area contributed by atoms with Gasteiger partial charge in [-0.1, -0.05) is 54.6 Å². The maximum atomic E-state index is 12.3. The molecule has 0 radical (unpaired) electrons. The molecule has 0 saturated carbocycles. The molecule has 1 N–H and O–H groups in total. The maximum absolute atomic E-state index is 12.3. The van der Waals surface area contributed by atoms with E-state index < -0.39 is 0 Å². The Bertz CT molecular complexity index is 1010. The van der Waals surface area contributed by atoms with Crippen LogP contribution < -0.4 is 5.32 Å². The van der Waals surface area contributed by atoms with E-state index in [4.69, 9.17) is 0 Å². The van der Waals surface area contributed by atoms with Gasteiger partial charge in [0.25, 0.3) is 0 Å². The standard InChI is InChI=1S/C21H17N5O/c27-21(23-19-10-12-20(13-11-19)26-15-22-24-25-26)14-16-6-8-18(9-7-16)17-4-2-1-3-5-17/h1-13,15H,14H2,(H,23,27). The predicted octanol–water partition coefficient (Wildman–Crippen LogP) is 3.51. The summed E-state index contributed by atoms with van der Waals surface area (Å²) in [6.45, 7) is 0. The first kappa shape index (κ1) is 16.7. The van der Waals surface area contributed by atoms with E-state index in [0.29, 0.717) is 6.42 Å². The van der Waals surface area contributed by atoms with Crippen LogP contribution in [0.4, 0.5) is 5.69 Å². The van der Waals surface area contributed by atoms with E-state index in [1.165, 1.54) is 6.33 Å². The van der Waals surface area contributed by atoms with Crippen molar-refractivity contribution in [1.82, 2.24) is 20.2 Å². The summed E-state index contributed by atoms with van der Waals surface area (Å²) in [5.74, 6) is -0.0577. The molecular formula is C21H17N5O. The van der Waals surface area contributed by atoms with E-state index in [9.17, 15) is 4.79 Å². The number of benzene rings is 3. The van der Waals surface area contributed by atoms with Crippen molar-refractivity contribution < 1.29 is 4.79 Å². The Kier molecular flexibility index (Phi) is 4.70. The Morgan fingerprint density at radius 1 is 0.852 bits per heavy atom. The molecule has 4 rings (SSSR count). The number of anilines is 1. The fraction of sp³-hybridized carbons (Fsp3) is 0.0476. The van der Waals surface area contributed by atoms with Crippen molar-refractivity contribution in [3.8, 4) is 16.8 Å². The quantitative estimate of drug-likeness (QED) is 0.595. The number of nitrogens with one attached hydrogen (secondary N) is 1. The van der Waals surface area contributed by atoms with Gasteiger partial charge >= 0.3 is 0 Å². The van der Waals surface area contributed by atoms with Gasteiger partial charge in [0, 0.05) is 5.69 Å². The van der Waals surface area contributed by atoms with Crippen molar-refractivity contribution >= 4 is 11.6 Å². The van der Waals surface area contributed by atoms with E-state index in [2.05, 4.69) is 33.0 Å². The van der Waals surface area contributed by atoms with E-state index in [-0.39, 0.29) is 5.91 Å². The highest BCUT2D eigenvalue weighted by atomic mass is 16.1. The summed E-state index contributed by atoms with van der Waals surface area (Å²) in [7, 11) is 0. The molecule has 3 aromatic carbocycles. The van der Waals surface area contributed by atoms with Crippen LogP contribution in [0.15, 0.2) is 85.2 Å². The number of hydrogen-bond donors (Lipinski definition) is 1. The number of amides is 1. The normalized spacial score (nSPS) is 10.5. The minimum absolute atomic E-state index is 0.0577. The van der Waals surface area contributed by atoms with Crippen molar-refractivity contribution in [2.75, 3.05) is 5.32 Å². The van der Waals surface area contributed by atoms with Crippen LogP contribution in [0.1, 0.15) is 5.56 Å². The first-order chi connectivity index (χ1) is 13.3. The molecule has 0 atom stereocenters. The lowest BCUT2D eigenvalue weighted by molar-refractivity contribution is -0.115. The third-order valence-electron chi connectivity index (χ3n) is 4.19. The van der Waals surface area contributed by atoms with Crippen LogP contribution in [-0.2, 0) is 11.2 Å². The topological polar surface area (TPSA) is 72.7 Å². The van der Waals surface area contributed by atoms with Crippen molar-refractivity contribution in [2.45, 2.75) is 6.42 Å². The van der Waals surface area contributed by atoms with Crippen molar-refractivity contribution in [1.29, 1.82) is 0 Å². The van der Waals surface area contributed by atoms with Gasteiger partial charge in [-0.25, -0.2) is 4.68 Å². The lowest BCUT2D eigenvalue weighted by Gasteiger charge is -2.07. The lowest BCUT2D eigenvalue weighted by atomic mass is 10.0. The summed E-state index contributed by atoms with van der Waals surface area (Å²) in [6.07, 6.45) is 1.84. The Morgan fingerprint density at radius 2 is 1.56 bits per heavy atom. The first-order valence-electron chi connectivity index (χ1n) is 8.55. The largest absolute Gasteiger partial charge is 0.326 e. The number of nitrogens with zero attached hydrogens (tertiary/aromatic N) is 4. The highest BCUT2D eigenvalue weighted by molar-refractivity contribution is 5.92. The SMILES string of the molecule is O=C(Cc1ccc(-c2ccccc2)cc1)Nc1ccc(-n2cnnn2)cc1. The summed E-state index contributed by atoms with van der Waals surface area (Å²) in [5, 5.41) is 13.9. The molecule has 0 aliphatic heterocycles. The fourth-order valence-electron chi connectivity index (χ4n) is 2.81. The van der Waals surface area contributed by atoms with Crippen LogP contribution in [0, 0.1) is 0 Å². The summed E-state index contributed by atoms with van der Waals surface area (Å²) >= 11 is 0. The summed E-state index contributed by atoms with van der Waals surface area (Å²) < 4.78 is 1.56. The predicted molar refractivity (Wildman–Crippen MR) is 103 cm³/mol. The Labute approximate surface area is 156 Å². The molecule has 6 heteroatoms. The summed E-state index contributed by atoms with van der Waals surface area (Å²) in [6, 6.07) is 25.6. The molecular weight excluding hydrogens is 338 g/mol. The van der Waals surface area contributed by atoms with Gasteiger partial charge in [-0.15, -0.1) is 5.10 Å². The number of tetrazole rings is 1. The highest BCUT2D eigenvalue weighted by Crippen LogP contribution is 2.19. The lowest BCUT2D eigenvalue weighted by Crippen LogP contribution is -2.14. The van der Waals surface area contributed by atoms with Gasteiger partial charge in [-0.05, 0) is 51.4 Å². The van der Waals surface area contributed by atoms with Gasteiger partial charge in [-0.2, -0.15) is 0 Å². The monoisotopic (exact) mass is 355 g/mol. The maximum Gasteiger partial charge on any atom is 0.228 e. The van der Waals surface area contributed by atoms with Crippen LogP contribution >= 0.6 is 0 Å². The minimum Gasteiger partial charge on any atom is -0.326 e. The van der Waals surface area contributed by atoms with Crippen LogP contribution in [0.3, 0.4) is 0 Å². The molecule has 6 nitrogen and oxygen atoms in total. The first-order valence-corrected chi connectivity index (χ1v) is 8.55. The average Bonchev–Trinajstić information content (AvgIpc) is 3.25. The number of carbonyl (C=O) groups is 1. The van der Waals surface area contributed by atoms with Gasteiger partial charge in [-0.3, -0.25) is 4.79 Å². The fourth-order valence-corrected chi connectivity index (χ4v) is 2.81. The van der Waals surface area contributed by atoms with E-state index >= 15 is 0 Å². The zero-order valence-corrected chi connectivity index (χ0v) is 14.5. The van der Waals surface area contributed by atoms with Gasteiger partial charge in [0.1, 0.15) is 6.33 Å². The van der Waals surface area contributed by atoms with Crippen LogP contribution in [0.2, 0.25) is 0 Å². The second kappa shape index (κ2) is 7.61. The minimum atomic E-state index is -0.0577. The summed E-state index contributed by atoms with van der Waals surface area (Å²) in [4.78, 5) is 12.3. The third kappa shape index (κ3) is 4.07. The highest BCUT2D eigenvalue weighted by Gasteiger charge is 2.06. The summed E-state index contributed by atoms with van der Waals surface area (Å²) in [5.41, 5.74) is 4.83. The molecule has 0 bridgehead atoms. The van der Waals surface area contributed by atoms with Crippen LogP contribution in [0.25, 0.3) is 16.8 Å². The van der Waals surface area contributed by atoms with E-state index in [0.717, 1.165) is 28.1 Å².